The molecule has 0 radical (unpaired) electrons. The zero-order valence-corrected chi connectivity index (χ0v) is 20.2. The lowest BCUT2D eigenvalue weighted by Crippen LogP contribution is -2.44. The van der Waals surface area contributed by atoms with Crippen molar-refractivity contribution in [2.75, 3.05) is 36.4 Å². The van der Waals surface area contributed by atoms with Crippen LogP contribution in [-0.2, 0) is 0 Å². The van der Waals surface area contributed by atoms with E-state index in [-0.39, 0.29) is 11.7 Å². The lowest BCUT2D eigenvalue weighted by molar-refractivity contribution is 0.549. The summed E-state index contributed by atoms with van der Waals surface area (Å²) in [6.45, 7) is 3.49. The Morgan fingerprint density at radius 3 is 2.49 bits per heavy atom. The lowest BCUT2D eigenvalue weighted by Gasteiger charge is -2.30. The average molecular weight is 501 g/mol. The van der Waals surface area contributed by atoms with Gasteiger partial charge in [-0.05, 0) is 61.3 Å². The van der Waals surface area contributed by atoms with Crippen LogP contribution in [0.5, 0.6) is 0 Å². The van der Waals surface area contributed by atoms with E-state index in [0.29, 0.717) is 28.7 Å². The Labute approximate surface area is 212 Å². The van der Waals surface area contributed by atoms with E-state index >= 15 is 0 Å². The van der Waals surface area contributed by atoms with Crippen LogP contribution in [0.25, 0.3) is 22.3 Å². The fraction of sp³-hybridized carbons (Fsp3) is 0.370. The Bertz CT molecular complexity index is 1500. The molecule has 0 amide bonds. The van der Waals surface area contributed by atoms with E-state index in [9.17, 15) is 8.78 Å². The topological polar surface area (TPSA) is 91.8 Å². The molecule has 10 heteroatoms. The molecule has 0 atom stereocenters. The zero-order chi connectivity index (χ0) is 24.9. The molecule has 188 valence electrons. The average Bonchev–Trinajstić information content (AvgIpc) is 3.84. The van der Waals surface area contributed by atoms with Gasteiger partial charge < -0.3 is 15.5 Å². The summed E-state index contributed by atoms with van der Waals surface area (Å²) in [5.41, 5.74) is 3.07. The molecule has 2 N–H and O–H groups in total. The van der Waals surface area contributed by atoms with E-state index in [1.165, 1.54) is 11.6 Å². The Hall–Kier alpha value is -3.79. The maximum absolute atomic E-state index is 14.7. The van der Waals surface area contributed by atoms with E-state index in [0.717, 1.165) is 68.6 Å². The minimum Gasteiger partial charge on any atom is -0.353 e. The molecule has 3 fully saturated rings. The van der Waals surface area contributed by atoms with Gasteiger partial charge >= 0.3 is 0 Å². The molecule has 5 heterocycles. The van der Waals surface area contributed by atoms with Gasteiger partial charge in [0.1, 0.15) is 11.6 Å². The van der Waals surface area contributed by atoms with E-state index in [1.807, 2.05) is 12.3 Å². The van der Waals surface area contributed by atoms with Crippen molar-refractivity contribution >= 4 is 28.4 Å². The molecule has 4 aromatic rings. The second-order valence-corrected chi connectivity index (χ2v) is 10.0. The highest BCUT2D eigenvalue weighted by atomic mass is 19.1. The number of nitrogens with one attached hydrogen (secondary N) is 2. The van der Waals surface area contributed by atoms with Gasteiger partial charge in [0.05, 0.1) is 11.7 Å². The van der Waals surface area contributed by atoms with Gasteiger partial charge in [0.25, 0.3) is 0 Å². The van der Waals surface area contributed by atoms with Crippen LogP contribution in [0.4, 0.5) is 26.2 Å². The van der Waals surface area contributed by atoms with Gasteiger partial charge in [-0.1, -0.05) is 0 Å². The number of nitrogens with zero attached hydrogens (tertiary/aromatic N) is 6. The Morgan fingerprint density at radius 2 is 1.70 bits per heavy atom. The quantitative estimate of drug-likeness (QED) is 0.369. The van der Waals surface area contributed by atoms with Crippen molar-refractivity contribution in [2.24, 2.45) is 0 Å². The normalized spacial score (nSPS) is 17.8. The van der Waals surface area contributed by atoms with E-state index < -0.39 is 11.8 Å². The highest BCUT2D eigenvalue weighted by Crippen LogP contribution is 2.45. The number of piperazine rings is 1. The lowest BCUT2D eigenvalue weighted by atomic mass is 10.1. The van der Waals surface area contributed by atoms with E-state index in [1.54, 1.807) is 18.5 Å². The molecular weight excluding hydrogens is 474 g/mol. The predicted molar refractivity (Wildman–Crippen MR) is 137 cm³/mol. The molecule has 0 spiro atoms. The number of aromatic nitrogens is 5. The summed E-state index contributed by atoms with van der Waals surface area (Å²) in [5.74, 6) is 0.940. The van der Waals surface area contributed by atoms with Crippen LogP contribution in [0.15, 0.2) is 36.8 Å². The standard InChI is InChI=1S/C27H26F2N8/c28-20-12-18(15-1-2-15)24(29)35-26(20)34-22-11-17(5-6-32-22)25-33-21-14-31-13-19(16-3-4-16)23(21)27(36-25)37-9-7-30-8-10-37/h5-6,11-16,30H,1-4,7-10H2,(H,32,34,35). The molecule has 3 aliphatic rings. The molecule has 7 rings (SSSR count). The van der Waals surface area contributed by atoms with Crippen molar-refractivity contribution in [3.8, 4) is 11.4 Å². The van der Waals surface area contributed by atoms with Crippen molar-refractivity contribution < 1.29 is 8.78 Å². The third kappa shape index (κ3) is 4.35. The van der Waals surface area contributed by atoms with Crippen LogP contribution in [0.3, 0.4) is 0 Å². The number of anilines is 3. The molecule has 8 nitrogen and oxygen atoms in total. The third-order valence-corrected chi connectivity index (χ3v) is 7.29. The van der Waals surface area contributed by atoms with Gasteiger partial charge in [-0.25, -0.2) is 19.3 Å². The zero-order valence-electron chi connectivity index (χ0n) is 20.2. The van der Waals surface area contributed by atoms with Gasteiger partial charge in [0.15, 0.2) is 17.5 Å². The maximum Gasteiger partial charge on any atom is 0.218 e. The summed E-state index contributed by atoms with van der Waals surface area (Å²) in [5, 5.41) is 7.31. The Balaban J connectivity index is 1.27. The van der Waals surface area contributed by atoms with Crippen LogP contribution in [0.1, 0.15) is 48.6 Å². The van der Waals surface area contributed by atoms with Gasteiger partial charge in [0, 0.05) is 55.1 Å². The summed E-state index contributed by atoms with van der Waals surface area (Å²) in [6.07, 6.45) is 9.41. The number of rotatable bonds is 6. The number of pyridine rings is 3. The number of fused-ring (bicyclic) bond motifs is 1. The van der Waals surface area contributed by atoms with Crippen molar-refractivity contribution in [3.05, 3.63) is 59.7 Å². The van der Waals surface area contributed by atoms with Crippen molar-refractivity contribution in [2.45, 2.75) is 37.5 Å². The molecule has 0 aromatic carbocycles. The van der Waals surface area contributed by atoms with Crippen molar-refractivity contribution in [1.82, 2.24) is 30.2 Å². The first-order chi connectivity index (χ1) is 18.1. The van der Waals surface area contributed by atoms with Crippen LogP contribution in [0.2, 0.25) is 0 Å². The molecule has 0 unspecified atom stereocenters. The molecular formula is C27H26F2N8. The number of hydrogen-bond acceptors (Lipinski definition) is 8. The van der Waals surface area contributed by atoms with Crippen molar-refractivity contribution in [1.29, 1.82) is 0 Å². The fourth-order valence-corrected chi connectivity index (χ4v) is 5.04. The SMILES string of the molecule is Fc1cc(C2CC2)c(F)nc1Nc1cc(-c2nc(N3CCNCC3)c3c(C4CC4)cncc3n2)ccn1. The Kier molecular flexibility index (Phi) is 5.42. The van der Waals surface area contributed by atoms with Crippen molar-refractivity contribution in [3.63, 3.8) is 0 Å². The first-order valence-electron chi connectivity index (χ1n) is 12.8. The molecule has 37 heavy (non-hydrogen) atoms. The summed E-state index contributed by atoms with van der Waals surface area (Å²) in [4.78, 5) is 24.8. The van der Waals surface area contributed by atoms with Gasteiger partial charge in [-0.3, -0.25) is 4.98 Å². The first kappa shape index (κ1) is 22.4. The summed E-state index contributed by atoms with van der Waals surface area (Å²) in [7, 11) is 0. The van der Waals surface area contributed by atoms with E-state index in [2.05, 4.69) is 30.5 Å². The van der Waals surface area contributed by atoms with Crippen LogP contribution in [-0.4, -0.2) is 51.1 Å². The van der Waals surface area contributed by atoms with Gasteiger partial charge in [0.2, 0.25) is 5.95 Å². The maximum atomic E-state index is 14.7. The molecule has 0 bridgehead atoms. The second kappa shape index (κ2) is 8.95. The highest BCUT2D eigenvalue weighted by molar-refractivity contribution is 5.94. The minimum atomic E-state index is -0.639. The summed E-state index contributed by atoms with van der Waals surface area (Å²) < 4.78 is 29.2. The smallest absolute Gasteiger partial charge is 0.218 e. The molecule has 2 saturated carbocycles. The number of halogens is 2. The third-order valence-electron chi connectivity index (χ3n) is 7.29. The van der Waals surface area contributed by atoms with Gasteiger partial charge in [-0.15, -0.1) is 0 Å². The van der Waals surface area contributed by atoms with Crippen LogP contribution in [0, 0.1) is 11.8 Å². The molecule has 1 aliphatic heterocycles. The first-order valence-corrected chi connectivity index (χ1v) is 12.8. The Morgan fingerprint density at radius 1 is 0.919 bits per heavy atom. The minimum absolute atomic E-state index is 0.0716. The van der Waals surface area contributed by atoms with Crippen LogP contribution >= 0.6 is 0 Å². The second-order valence-electron chi connectivity index (χ2n) is 10.0. The largest absolute Gasteiger partial charge is 0.353 e. The van der Waals surface area contributed by atoms with E-state index in [4.69, 9.17) is 9.97 Å². The fourth-order valence-electron chi connectivity index (χ4n) is 5.04. The summed E-state index contributed by atoms with van der Waals surface area (Å²) in [6, 6.07) is 4.78. The predicted octanol–water partition coefficient (Wildman–Crippen LogP) is 4.67. The molecule has 2 aliphatic carbocycles. The summed E-state index contributed by atoms with van der Waals surface area (Å²) >= 11 is 0. The highest BCUT2D eigenvalue weighted by Gasteiger charge is 2.30. The van der Waals surface area contributed by atoms with Gasteiger partial charge in [-0.2, -0.15) is 9.37 Å². The molecule has 1 saturated heterocycles. The van der Waals surface area contributed by atoms with Crippen LogP contribution < -0.4 is 15.5 Å². The monoisotopic (exact) mass is 500 g/mol. The number of hydrogen-bond donors (Lipinski definition) is 2. The molecule has 4 aromatic heterocycles.